The van der Waals surface area contributed by atoms with Crippen molar-refractivity contribution in [3.05, 3.63) is 0 Å². The van der Waals surface area contributed by atoms with Crippen LogP contribution in [0.25, 0.3) is 0 Å². The van der Waals surface area contributed by atoms with Crippen LogP contribution in [-0.2, 0) is 0 Å². The van der Waals surface area contributed by atoms with E-state index < -0.39 is 0 Å². The normalized spacial score (nSPS) is 21.1. The van der Waals surface area contributed by atoms with Gasteiger partial charge in [-0.1, -0.05) is 20.8 Å². The largest absolute Gasteiger partial charge is 0.357 e. The van der Waals surface area contributed by atoms with Gasteiger partial charge in [0.05, 0.1) is 6.54 Å². The fourth-order valence-corrected chi connectivity index (χ4v) is 2.54. The average Bonchev–Trinajstić information content (AvgIpc) is 2.82. The van der Waals surface area contributed by atoms with E-state index >= 15 is 0 Å². The van der Waals surface area contributed by atoms with Gasteiger partial charge in [-0.2, -0.15) is 0 Å². The van der Waals surface area contributed by atoms with E-state index in [4.69, 9.17) is 4.99 Å². The number of rotatable bonds is 7. The van der Waals surface area contributed by atoms with Crippen LogP contribution in [0.2, 0.25) is 0 Å². The first kappa shape index (κ1) is 16.3. The van der Waals surface area contributed by atoms with Crippen LogP contribution in [0, 0.1) is 5.92 Å². The second kappa shape index (κ2) is 9.18. The number of likely N-dealkylation sites (tertiary alicyclic amines) is 1. The van der Waals surface area contributed by atoms with Gasteiger partial charge in [0.2, 0.25) is 0 Å². The maximum absolute atomic E-state index is 4.74. The lowest BCUT2D eigenvalue weighted by Gasteiger charge is -2.21. The number of hydrogen-bond donors (Lipinski definition) is 2. The molecule has 1 atom stereocenters. The van der Waals surface area contributed by atoms with Gasteiger partial charge < -0.3 is 10.6 Å². The summed E-state index contributed by atoms with van der Waals surface area (Å²) in [6.45, 7) is 14.1. The van der Waals surface area contributed by atoms with Crippen molar-refractivity contribution < 1.29 is 0 Å². The van der Waals surface area contributed by atoms with Crippen LogP contribution in [0.1, 0.15) is 47.0 Å². The van der Waals surface area contributed by atoms with Crippen LogP contribution >= 0.6 is 0 Å². The minimum atomic E-state index is 0.644. The van der Waals surface area contributed by atoms with Crippen LogP contribution in [-0.4, -0.2) is 49.6 Å². The summed E-state index contributed by atoms with van der Waals surface area (Å²) in [5, 5.41) is 6.76. The Bertz CT molecular complexity index is 263. The van der Waals surface area contributed by atoms with E-state index in [1.54, 1.807) is 0 Å². The molecule has 2 N–H and O–H groups in total. The average molecular weight is 268 g/mol. The van der Waals surface area contributed by atoms with Crippen molar-refractivity contribution in [3.8, 4) is 0 Å². The van der Waals surface area contributed by atoms with Crippen molar-refractivity contribution in [1.29, 1.82) is 0 Å². The quantitative estimate of drug-likeness (QED) is 0.548. The van der Waals surface area contributed by atoms with Gasteiger partial charge >= 0.3 is 0 Å². The SMILES string of the molecule is CCNC(=NCC1CCCN1CC)NCCC(C)C. The smallest absolute Gasteiger partial charge is 0.191 e. The third kappa shape index (κ3) is 6.28. The lowest BCUT2D eigenvalue weighted by Crippen LogP contribution is -2.39. The summed E-state index contributed by atoms with van der Waals surface area (Å²) in [4.78, 5) is 7.29. The molecule has 0 radical (unpaired) electrons. The molecule has 0 spiro atoms. The molecule has 0 saturated carbocycles. The Kier molecular flexibility index (Phi) is 7.87. The Morgan fingerprint density at radius 2 is 2.11 bits per heavy atom. The Balaban J connectivity index is 2.38. The third-order valence-corrected chi connectivity index (χ3v) is 3.72. The van der Waals surface area contributed by atoms with E-state index in [0.717, 1.165) is 38.1 Å². The summed E-state index contributed by atoms with van der Waals surface area (Å²) in [7, 11) is 0. The van der Waals surface area contributed by atoms with Crippen molar-refractivity contribution in [2.45, 2.75) is 53.0 Å². The van der Waals surface area contributed by atoms with Crippen molar-refractivity contribution in [3.63, 3.8) is 0 Å². The van der Waals surface area contributed by atoms with Gasteiger partial charge in [-0.3, -0.25) is 9.89 Å². The van der Waals surface area contributed by atoms with Gasteiger partial charge in [0.15, 0.2) is 5.96 Å². The van der Waals surface area contributed by atoms with Crippen molar-refractivity contribution in [2.75, 3.05) is 32.7 Å². The first-order valence-corrected chi connectivity index (χ1v) is 7.93. The van der Waals surface area contributed by atoms with Gasteiger partial charge in [-0.25, -0.2) is 0 Å². The Hall–Kier alpha value is -0.770. The second-order valence-corrected chi connectivity index (χ2v) is 5.75. The molecule has 1 aliphatic rings. The highest BCUT2D eigenvalue weighted by Gasteiger charge is 2.22. The molecule has 0 aromatic carbocycles. The number of hydrogen-bond acceptors (Lipinski definition) is 2. The monoisotopic (exact) mass is 268 g/mol. The topological polar surface area (TPSA) is 39.7 Å². The minimum Gasteiger partial charge on any atom is -0.357 e. The fraction of sp³-hybridized carbons (Fsp3) is 0.933. The Morgan fingerprint density at radius 3 is 2.74 bits per heavy atom. The molecular formula is C15H32N4. The van der Waals surface area contributed by atoms with Crippen LogP contribution in [0.15, 0.2) is 4.99 Å². The maximum Gasteiger partial charge on any atom is 0.191 e. The minimum absolute atomic E-state index is 0.644. The molecular weight excluding hydrogens is 236 g/mol. The molecule has 4 heteroatoms. The number of nitrogens with one attached hydrogen (secondary N) is 2. The van der Waals surface area contributed by atoms with E-state index in [0.29, 0.717) is 6.04 Å². The molecule has 1 aliphatic heterocycles. The van der Waals surface area contributed by atoms with Gasteiger partial charge in [-0.15, -0.1) is 0 Å². The van der Waals surface area contributed by atoms with Crippen LogP contribution in [0.5, 0.6) is 0 Å². The zero-order valence-corrected chi connectivity index (χ0v) is 13.2. The molecule has 1 rings (SSSR count). The highest BCUT2D eigenvalue weighted by atomic mass is 15.2. The van der Waals surface area contributed by atoms with E-state index in [2.05, 4.69) is 43.2 Å². The molecule has 19 heavy (non-hydrogen) atoms. The summed E-state index contributed by atoms with van der Waals surface area (Å²) < 4.78 is 0. The summed E-state index contributed by atoms with van der Waals surface area (Å²) in [6.07, 6.45) is 3.81. The standard InChI is InChI=1S/C15H32N4/c1-5-16-15(17-10-9-13(3)4)18-12-14-8-7-11-19(14)6-2/h13-14H,5-12H2,1-4H3,(H2,16,17,18). The zero-order valence-electron chi connectivity index (χ0n) is 13.2. The van der Waals surface area contributed by atoms with Gasteiger partial charge in [0.25, 0.3) is 0 Å². The highest BCUT2D eigenvalue weighted by Crippen LogP contribution is 2.16. The fourth-order valence-electron chi connectivity index (χ4n) is 2.54. The number of guanidine groups is 1. The van der Waals surface area contributed by atoms with Gasteiger partial charge in [-0.05, 0) is 45.2 Å². The summed E-state index contributed by atoms with van der Waals surface area (Å²) in [5.74, 6) is 1.71. The molecule has 1 saturated heterocycles. The van der Waals surface area contributed by atoms with Crippen molar-refractivity contribution in [1.82, 2.24) is 15.5 Å². The second-order valence-electron chi connectivity index (χ2n) is 5.75. The molecule has 0 bridgehead atoms. The summed E-state index contributed by atoms with van der Waals surface area (Å²) in [6, 6.07) is 0.644. The molecule has 0 aromatic rings. The molecule has 0 aromatic heterocycles. The number of nitrogens with zero attached hydrogens (tertiary/aromatic N) is 2. The Labute approximate surface area is 119 Å². The highest BCUT2D eigenvalue weighted by molar-refractivity contribution is 5.79. The predicted octanol–water partition coefficient (Wildman–Crippen LogP) is 2.07. The molecule has 112 valence electrons. The van der Waals surface area contributed by atoms with E-state index in [-0.39, 0.29) is 0 Å². The Morgan fingerprint density at radius 1 is 1.32 bits per heavy atom. The van der Waals surface area contributed by atoms with Gasteiger partial charge in [0, 0.05) is 19.1 Å². The first-order chi connectivity index (χ1) is 9.17. The van der Waals surface area contributed by atoms with Crippen LogP contribution in [0.4, 0.5) is 0 Å². The van der Waals surface area contributed by atoms with E-state index in [1.165, 1.54) is 25.8 Å². The van der Waals surface area contributed by atoms with Crippen molar-refractivity contribution in [2.24, 2.45) is 10.9 Å². The lowest BCUT2D eigenvalue weighted by molar-refractivity contribution is 0.273. The van der Waals surface area contributed by atoms with Gasteiger partial charge in [0.1, 0.15) is 0 Å². The van der Waals surface area contributed by atoms with Crippen LogP contribution < -0.4 is 10.6 Å². The predicted molar refractivity (Wildman–Crippen MR) is 83.7 cm³/mol. The molecule has 0 amide bonds. The van der Waals surface area contributed by atoms with E-state index in [9.17, 15) is 0 Å². The molecule has 1 unspecified atom stereocenters. The van der Waals surface area contributed by atoms with Crippen LogP contribution in [0.3, 0.4) is 0 Å². The lowest BCUT2D eigenvalue weighted by atomic mass is 10.1. The third-order valence-electron chi connectivity index (χ3n) is 3.72. The summed E-state index contributed by atoms with van der Waals surface area (Å²) >= 11 is 0. The number of likely N-dealkylation sites (N-methyl/N-ethyl adjacent to an activating group) is 1. The number of aliphatic imine (C=N–C) groups is 1. The summed E-state index contributed by atoms with van der Waals surface area (Å²) in [5.41, 5.74) is 0. The zero-order chi connectivity index (χ0) is 14.1. The molecule has 0 aliphatic carbocycles. The molecule has 1 fully saturated rings. The molecule has 4 nitrogen and oxygen atoms in total. The van der Waals surface area contributed by atoms with E-state index in [1.807, 2.05) is 0 Å². The molecule has 1 heterocycles. The van der Waals surface area contributed by atoms with Crippen molar-refractivity contribution >= 4 is 5.96 Å². The first-order valence-electron chi connectivity index (χ1n) is 7.93. The maximum atomic E-state index is 4.74.